The summed E-state index contributed by atoms with van der Waals surface area (Å²) in [5.74, 6) is 0.0233. The van der Waals surface area contributed by atoms with Crippen molar-refractivity contribution in [3.8, 4) is 0 Å². The molecule has 0 radical (unpaired) electrons. The molecular weight excluding hydrogens is 328 g/mol. The zero-order valence-electron chi connectivity index (χ0n) is 16.0. The second-order valence-corrected chi connectivity index (χ2v) is 8.77. The molecule has 0 aliphatic rings. The van der Waals surface area contributed by atoms with Crippen LogP contribution in [0.2, 0.25) is 0 Å². The van der Waals surface area contributed by atoms with Gasteiger partial charge in [-0.1, -0.05) is 64.8 Å². The Bertz CT molecular complexity index is 770. The van der Waals surface area contributed by atoms with E-state index in [1.165, 1.54) is 11.1 Å². The van der Waals surface area contributed by atoms with Gasteiger partial charge in [-0.2, -0.15) is 0 Å². The van der Waals surface area contributed by atoms with Gasteiger partial charge in [0.25, 0.3) is 0 Å². The first-order valence-electron chi connectivity index (χ1n) is 8.64. The average Bonchev–Trinajstić information content (AvgIpc) is 2.53. The van der Waals surface area contributed by atoms with Gasteiger partial charge in [-0.3, -0.25) is 0 Å². The predicted octanol–water partition coefficient (Wildman–Crippen LogP) is 5.96. The van der Waals surface area contributed by atoms with E-state index >= 15 is 0 Å². The molecule has 0 spiro atoms. The Hall–Kier alpha value is -1.87. The van der Waals surface area contributed by atoms with Gasteiger partial charge in [-0.25, -0.2) is 8.42 Å². The molecule has 1 aromatic rings. The lowest BCUT2D eigenvalue weighted by molar-refractivity contribution is 0.599. The van der Waals surface area contributed by atoms with Crippen molar-refractivity contribution < 1.29 is 8.42 Å². The van der Waals surface area contributed by atoms with Crippen molar-refractivity contribution in [2.24, 2.45) is 0 Å². The van der Waals surface area contributed by atoms with E-state index in [-0.39, 0.29) is 5.75 Å². The lowest BCUT2D eigenvalue weighted by Crippen LogP contribution is -2.04. The molecule has 3 heteroatoms. The summed E-state index contributed by atoms with van der Waals surface area (Å²) in [4.78, 5) is 0.376. The van der Waals surface area contributed by atoms with Gasteiger partial charge in [-0.05, 0) is 59.6 Å². The van der Waals surface area contributed by atoms with E-state index in [4.69, 9.17) is 0 Å². The molecule has 0 bridgehead atoms. The molecule has 2 nitrogen and oxygen atoms in total. The van der Waals surface area contributed by atoms with Crippen LogP contribution >= 0.6 is 0 Å². The maximum absolute atomic E-state index is 12.3. The van der Waals surface area contributed by atoms with Crippen molar-refractivity contribution in [3.63, 3.8) is 0 Å². The summed E-state index contributed by atoms with van der Waals surface area (Å²) < 4.78 is 24.6. The van der Waals surface area contributed by atoms with E-state index in [2.05, 4.69) is 32.9 Å². The second kappa shape index (κ2) is 10.2. The number of aryl methyl sites for hydroxylation is 1. The molecule has 0 fully saturated rings. The topological polar surface area (TPSA) is 34.1 Å². The third kappa shape index (κ3) is 8.69. The minimum Gasteiger partial charge on any atom is -0.223 e. The summed E-state index contributed by atoms with van der Waals surface area (Å²) in [6, 6.07) is 6.99. The Morgan fingerprint density at radius 2 is 1.64 bits per heavy atom. The number of allylic oxidation sites excluding steroid dienone is 7. The molecule has 0 heterocycles. The van der Waals surface area contributed by atoms with Gasteiger partial charge in [-0.15, -0.1) is 0 Å². The van der Waals surface area contributed by atoms with Gasteiger partial charge in [0, 0.05) is 0 Å². The summed E-state index contributed by atoms with van der Waals surface area (Å²) in [6.45, 7) is 10.2. The maximum atomic E-state index is 12.3. The molecule has 0 aliphatic heterocycles. The molecule has 0 unspecified atom stereocenters. The minimum atomic E-state index is -3.27. The van der Waals surface area contributed by atoms with Crippen molar-refractivity contribution in [1.82, 2.24) is 0 Å². The highest BCUT2D eigenvalue weighted by Crippen LogP contribution is 2.13. The predicted molar refractivity (Wildman–Crippen MR) is 109 cm³/mol. The third-order valence-corrected chi connectivity index (χ3v) is 5.43. The minimum absolute atomic E-state index is 0.0233. The standard InChI is InChI=1S/C22H30O2S/c1-18(2)8-6-9-19(3)10-7-11-20(4)16-17-25(23,24)22-14-12-21(5)13-15-22/h7-8,10-16H,6,9,17H2,1-5H3/b11-7+,19-10+,20-16+. The van der Waals surface area contributed by atoms with Crippen LogP contribution in [0.1, 0.15) is 46.1 Å². The van der Waals surface area contributed by atoms with Gasteiger partial charge in [0.05, 0.1) is 10.6 Å². The maximum Gasteiger partial charge on any atom is 0.181 e. The van der Waals surface area contributed by atoms with E-state index in [1.54, 1.807) is 18.2 Å². The average molecular weight is 359 g/mol. The van der Waals surface area contributed by atoms with Gasteiger partial charge >= 0.3 is 0 Å². The molecule has 136 valence electrons. The van der Waals surface area contributed by atoms with Crippen LogP contribution in [0.15, 0.2) is 76.3 Å². The molecule has 0 aliphatic carbocycles. The fourth-order valence-electron chi connectivity index (χ4n) is 2.19. The van der Waals surface area contributed by atoms with Gasteiger partial charge < -0.3 is 0 Å². The van der Waals surface area contributed by atoms with Crippen molar-refractivity contribution in [3.05, 3.63) is 76.9 Å². The molecular formula is C22H30O2S. The van der Waals surface area contributed by atoms with E-state index in [0.717, 1.165) is 24.0 Å². The highest BCUT2D eigenvalue weighted by atomic mass is 32.2. The molecule has 0 saturated carbocycles. The molecule has 1 rings (SSSR count). The van der Waals surface area contributed by atoms with Crippen molar-refractivity contribution in [1.29, 1.82) is 0 Å². The first-order valence-corrected chi connectivity index (χ1v) is 10.3. The monoisotopic (exact) mass is 358 g/mol. The van der Waals surface area contributed by atoms with Gasteiger partial charge in [0.1, 0.15) is 0 Å². The van der Waals surface area contributed by atoms with Crippen LogP contribution < -0.4 is 0 Å². The summed E-state index contributed by atoms with van der Waals surface area (Å²) >= 11 is 0. The van der Waals surface area contributed by atoms with Crippen molar-refractivity contribution >= 4 is 9.84 Å². The Kier molecular flexibility index (Phi) is 8.64. The number of benzene rings is 1. The lowest BCUT2D eigenvalue weighted by atomic mass is 10.1. The van der Waals surface area contributed by atoms with Crippen LogP contribution in [0.4, 0.5) is 0 Å². The fraction of sp³-hybridized carbons (Fsp3) is 0.364. The molecule has 0 amide bonds. The number of hydrogen-bond acceptors (Lipinski definition) is 2. The Morgan fingerprint density at radius 1 is 1.00 bits per heavy atom. The van der Waals surface area contributed by atoms with Crippen LogP contribution in [-0.2, 0) is 9.84 Å². The molecule has 25 heavy (non-hydrogen) atoms. The van der Waals surface area contributed by atoms with Crippen LogP contribution in [0.25, 0.3) is 0 Å². The molecule has 0 atom stereocenters. The van der Waals surface area contributed by atoms with Crippen LogP contribution in [-0.4, -0.2) is 14.2 Å². The normalized spacial score (nSPS) is 13.3. The van der Waals surface area contributed by atoms with Gasteiger partial charge in [0.2, 0.25) is 0 Å². The third-order valence-electron chi connectivity index (χ3n) is 3.84. The number of hydrogen-bond donors (Lipinski definition) is 0. The fourth-order valence-corrected chi connectivity index (χ4v) is 3.41. The van der Waals surface area contributed by atoms with Crippen molar-refractivity contribution in [2.75, 3.05) is 5.75 Å². The van der Waals surface area contributed by atoms with Crippen molar-refractivity contribution in [2.45, 2.75) is 52.4 Å². The largest absolute Gasteiger partial charge is 0.223 e. The summed E-state index contributed by atoms with van der Waals surface area (Å²) in [7, 11) is -3.27. The Morgan fingerprint density at radius 3 is 2.24 bits per heavy atom. The summed E-state index contributed by atoms with van der Waals surface area (Å²) in [5.41, 5.74) is 4.66. The van der Waals surface area contributed by atoms with E-state index in [0.29, 0.717) is 4.90 Å². The van der Waals surface area contributed by atoms with Crippen LogP contribution in [0.3, 0.4) is 0 Å². The summed E-state index contributed by atoms with van der Waals surface area (Å²) in [6.07, 6.45) is 12.1. The van der Waals surface area contributed by atoms with E-state index < -0.39 is 9.84 Å². The highest BCUT2D eigenvalue weighted by molar-refractivity contribution is 7.91. The SMILES string of the molecule is CC(C)=CCC/C(C)=C/C=C/C(C)=C/CS(=O)(=O)c1ccc(C)cc1. The van der Waals surface area contributed by atoms with E-state index in [1.807, 2.05) is 38.1 Å². The highest BCUT2D eigenvalue weighted by Gasteiger charge is 2.11. The Labute approximate surface area is 153 Å². The lowest BCUT2D eigenvalue weighted by Gasteiger charge is -2.02. The quantitative estimate of drug-likeness (QED) is 0.424. The second-order valence-electron chi connectivity index (χ2n) is 6.73. The number of rotatable bonds is 8. The number of sulfone groups is 1. The van der Waals surface area contributed by atoms with E-state index in [9.17, 15) is 8.42 Å². The summed E-state index contributed by atoms with van der Waals surface area (Å²) in [5, 5.41) is 0. The molecule has 0 saturated heterocycles. The smallest absolute Gasteiger partial charge is 0.181 e. The van der Waals surface area contributed by atoms with Crippen LogP contribution in [0.5, 0.6) is 0 Å². The molecule has 0 aromatic heterocycles. The zero-order valence-corrected chi connectivity index (χ0v) is 16.9. The molecule has 1 aromatic carbocycles. The first-order chi connectivity index (χ1) is 11.7. The van der Waals surface area contributed by atoms with Gasteiger partial charge in [0.15, 0.2) is 9.84 Å². The molecule has 0 N–H and O–H groups in total. The zero-order chi connectivity index (χ0) is 18.9. The Balaban J connectivity index is 2.63. The van der Waals surface area contributed by atoms with Crippen LogP contribution in [0, 0.1) is 6.92 Å². The first kappa shape index (κ1) is 21.2.